The van der Waals surface area contributed by atoms with Crippen molar-refractivity contribution in [2.24, 2.45) is 0 Å². The van der Waals surface area contributed by atoms with Crippen LogP contribution in [0.15, 0.2) is 42.5 Å². The molecule has 1 aliphatic rings. The normalized spacial score (nSPS) is 14.8. The van der Waals surface area contributed by atoms with E-state index in [9.17, 15) is 14.4 Å². The lowest BCUT2D eigenvalue weighted by Crippen LogP contribution is -2.55. The highest BCUT2D eigenvalue weighted by Gasteiger charge is 2.28. The van der Waals surface area contributed by atoms with Gasteiger partial charge in [0.1, 0.15) is 6.04 Å². The van der Waals surface area contributed by atoms with Gasteiger partial charge in [0.25, 0.3) is 11.8 Å². The van der Waals surface area contributed by atoms with E-state index < -0.39 is 6.04 Å². The zero-order valence-corrected chi connectivity index (χ0v) is 21.4. The largest absolute Gasteiger partial charge is 0.493 e. The molecule has 1 unspecified atom stereocenters. The van der Waals surface area contributed by atoms with Crippen molar-refractivity contribution >= 4 is 17.7 Å². The number of nitrogens with zero attached hydrogens (tertiary/aromatic N) is 2. The van der Waals surface area contributed by atoms with E-state index in [2.05, 4.69) is 26.1 Å². The molecule has 1 aliphatic heterocycles. The zero-order chi connectivity index (χ0) is 25.8. The van der Waals surface area contributed by atoms with Crippen molar-refractivity contribution < 1.29 is 23.9 Å². The molecule has 2 aromatic rings. The summed E-state index contributed by atoms with van der Waals surface area (Å²) < 4.78 is 10.5. The van der Waals surface area contributed by atoms with Crippen LogP contribution in [0, 0.1) is 0 Å². The summed E-state index contributed by atoms with van der Waals surface area (Å²) in [7, 11) is 3.07. The Kier molecular flexibility index (Phi) is 8.04. The summed E-state index contributed by atoms with van der Waals surface area (Å²) in [6.07, 6.45) is 0. The summed E-state index contributed by atoms with van der Waals surface area (Å²) in [4.78, 5) is 41.9. The Hall–Kier alpha value is -3.55. The fraction of sp³-hybridized carbons (Fsp3) is 0.444. The molecule has 3 amide bonds. The van der Waals surface area contributed by atoms with E-state index in [1.54, 1.807) is 54.2 Å². The molecule has 0 aromatic heterocycles. The van der Waals surface area contributed by atoms with Gasteiger partial charge in [0.05, 0.1) is 14.2 Å². The van der Waals surface area contributed by atoms with E-state index in [1.807, 2.05) is 12.1 Å². The number of hydrogen-bond acceptors (Lipinski definition) is 5. The summed E-state index contributed by atoms with van der Waals surface area (Å²) in [5, 5.41) is 2.80. The molecule has 2 aromatic carbocycles. The summed E-state index contributed by atoms with van der Waals surface area (Å²) in [5.74, 6) is 0.472. The van der Waals surface area contributed by atoms with Crippen LogP contribution in [-0.2, 0) is 10.2 Å². The average molecular weight is 482 g/mol. The Morgan fingerprint density at radius 3 is 1.91 bits per heavy atom. The molecule has 1 fully saturated rings. The summed E-state index contributed by atoms with van der Waals surface area (Å²) >= 11 is 0. The van der Waals surface area contributed by atoms with E-state index in [1.165, 1.54) is 7.11 Å². The minimum Gasteiger partial charge on any atom is -0.493 e. The molecule has 0 radical (unpaired) electrons. The lowest BCUT2D eigenvalue weighted by molar-refractivity contribution is -0.134. The number of piperazine rings is 1. The van der Waals surface area contributed by atoms with Crippen molar-refractivity contribution in [3.63, 3.8) is 0 Å². The Balaban J connectivity index is 1.55. The first-order valence-corrected chi connectivity index (χ1v) is 11.8. The van der Waals surface area contributed by atoms with Gasteiger partial charge in [0, 0.05) is 37.3 Å². The number of rotatable bonds is 6. The van der Waals surface area contributed by atoms with Crippen LogP contribution >= 0.6 is 0 Å². The maximum atomic E-state index is 12.9. The molecule has 1 N–H and O–H groups in total. The van der Waals surface area contributed by atoms with Crippen LogP contribution in [0.25, 0.3) is 0 Å². The van der Waals surface area contributed by atoms with E-state index in [-0.39, 0.29) is 23.1 Å². The molecular formula is C27H35N3O5. The van der Waals surface area contributed by atoms with Crippen molar-refractivity contribution in [3.05, 3.63) is 59.2 Å². The van der Waals surface area contributed by atoms with Crippen LogP contribution in [0.1, 0.15) is 54.0 Å². The van der Waals surface area contributed by atoms with Crippen LogP contribution in [0.2, 0.25) is 0 Å². The molecular weight excluding hydrogens is 446 g/mol. The number of methoxy groups -OCH3 is 2. The highest BCUT2D eigenvalue weighted by molar-refractivity contribution is 5.98. The molecule has 8 heteroatoms. The van der Waals surface area contributed by atoms with Crippen molar-refractivity contribution in [3.8, 4) is 11.5 Å². The smallest absolute Gasteiger partial charge is 0.254 e. The van der Waals surface area contributed by atoms with Gasteiger partial charge in [-0.2, -0.15) is 0 Å². The molecule has 188 valence electrons. The maximum Gasteiger partial charge on any atom is 0.254 e. The highest BCUT2D eigenvalue weighted by atomic mass is 16.5. The molecule has 35 heavy (non-hydrogen) atoms. The highest BCUT2D eigenvalue weighted by Crippen LogP contribution is 2.28. The van der Waals surface area contributed by atoms with Crippen molar-refractivity contribution in [2.75, 3.05) is 40.4 Å². The molecule has 0 aliphatic carbocycles. The number of ether oxygens (including phenoxy) is 2. The average Bonchev–Trinajstić information content (AvgIpc) is 2.86. The topological polar surface area (TPSA) is 88.2 Å². The lowest BCUT2D eigenvalue weighted by Gasteiger charge is -2.36. The monoisotopic (exact) mass is 481 g/mol. The lowest BCUT2D eigenvalue weighted by atomic mass is 9.86. The van der Waals surface area contributed by atoms with E-state index >= 15 is 0 Å². The van der Waals surface area contributed by atoms with Crippen LogP contribution in [0.3, 0.4) is 0 Å². The van der Waals surface area contributed by atoms with Gasteiger partial charge < -0.3 is 24.6 Å². The quantitative estimate of drug-likeness (QED) is 0.685. The first kappa shape index (κ1) is 26.1. The predicted octanol–water partition coefficient (Wildman–Crippen LogP) is 3.10. The van der Waals surface area contributed by atoms with E-state index in [4.69, 9.17) is 9.47 Å². The number of carbonyl (C=O) groups excluding carboxylic acids is 3. The first-order valence-electron chi connectivity index (χ1n) is 11.8. The maximum absolute atomic E-state index is 12.9. The Labute approximate surface area is 207 Å². The second kappa shape index (κ2) is 10.8. The Morgan fingerprint density at radius 1 is 0.829 bits per heavy atom. The van der Waals surface area contributed by atoms with Gasteiger partial charge >= 0.3 is 0 Å². The summed E-state index contributed by atoms with van der Waals surface area (Å²) in [5.41, 5.74) is 2.16. The molecule has 3 rings (SSSR count). The van der Waals surface area contributed by atoms with Crippen molar-refractivity contribution in [1.82, 2.24) is 15.1 Å². The summed E-state index contributed by atoms with van der Waals surface area (Å²) in [6, 6.07) is 11.8. The molecule has 1 atom stereocenters. The third kappa shape index (κ3) is 6.12. The van der Waals surface area contributed by atoms with Crippen LogP contribution < -0.4 is 14.8 Å². The fourth-order valence-electron chi connectivity index (χ4n) is 4.02. The molecule has 1 saturated heterocycles. The van der Waals surface area contributed by atoms with Crippen LogP contribution in [0.5, 0.6) is 11.5 Å². The number of hydrogen-bond donors (Lipinski definition) is 1. The molecule has 1 heterocycles. The Morgan fingerprint density at radius 2 is 1.37 bits per heavy atom. The van der Waals surface area contributed by atoms with Gasteiger partial charge in [-0.25, -0.2) is 0 Å². The second-order valence-corrected chi connectivity index (χ2v) is 9.71. The minimum absolute atomic E-state index is 0.00123. The van der Waals surface area contributed by atoms with Gasteiger partial charge in [-0.15, -0.1) is 0 Å². The standard InChI is InChI=1S/C27H35N3O5/c1-18(28-24(31)19-7-10-21(11-8-19)27(2,3)4)25(32)29-13-15-30(16-14-29)26(33)20-9-12-22(34-5)23(17-20)35-6/h7-12,17-18H,13-16H2,1-6H3,(H,28,31). The number of nitrogens with one attached hydrogen (secondary N) is 1. The SMILES string of the molecule is COc1ccc(C(=O)N2CCN(C(=O)C(C)NC(=O)c3ccc(C(C)(C)C)cc3)CC2)cc1OC. The van der Waals surface area contributed by atoms with Crippen LogP contribution in [0.4, 0.5) is 0 Å². The number of carbonyl (C=O) groups is 3. The van der Waals surface area contributed by atoms with Crippen molar-refractivity contribution in [2.45, 2.75) is 39.2 Å². The number of amides is 3. The van der Waals surface area contributed by atoms with Gasteiger partial charge in [0.2, 0.25) is 5.91 Å². The van der Waals surface area contributed by atoms with Gasteiger partial charge in [-0.05, 0) is 48.2 Å². The molecule has 8 nitrogen and oxygen atoms in total. The van der Waals surface area contributed by atoms with Crippen molar-refractivity contribution in [1.29, 1.82) is 0 Å². The van der Waals surface area contributed by atoms with Crippen LogP contribution in [-0.4, -0.2) is 74.0 Å². The fourth-order valence-corrected chi connectivity index (χ4v) is 4.02. The minimum atomic E-state index is -0.669. The molecule has 0 spiro atoms. The summed E-state index contributed by atoms with van der Waals surface area (Å²) in [6.45, 7) is 9.65. The first-order chi connectivity index (χ1) is 16.5. The van der Waals surface area contributed by atoms with Gasteiger partial charge in [-0.3, -0.25) is 14.4 Å². The number of benzene rings is 2. The third-order valence-corrected chi connectivity index (χ3v) is 6.24. The molecule has 0 bridgehead atoms. The third-order valence-electron chi connectivity index (χ3n) is 6.24. The molecule has 0 saturated carbocycles. The Bertz CT molecular complexity index is 1070. The predicted molar refractivity (Wildman–Crippen MR) is 134 cm³/mol. The second-order valence-electron chi connectivity index (χ2n) is 9.71. The zero-order valence-electron chi connectivity index (χ0n) is 21.4. The van der Waals surface area contributed by atoms with E-state index in [0.717, 1.165) is 5.56 Å². The van der Waals surface area contributed by atoms with Gasteiger partial charge in [-0.1, -0.05) is 32.9 Å². The van der Waals surface area contributed by atoms with Gasteiger partial charge in [0.15, 0.2) is 11.5 Å². The van der Waals surface area contributed by atoms with E-state index in [0.29, 0.717) is 48.8 Å².